The van der Waals surface area contributed by atoms with Gasteiger partial charge in [0.05, 0.1) is 25.8 Å². The molecule has 30 heavy (non-hydrogen) atoms. The first kappa shape index (κ1) is 19.9. The molecule has 1 aliphatic rings. The SMILES string of the molecule is COc1ccccc1NC(=O)Cc1noc(CN2CCN(c3ccccc3)CC2)n1. The number of ether oxygens (including phenoxy) is 1. The zero-order chi connectivity index (χ0) is 20.8. The zero-order valence-electron chi connectivity index (χ0n) is 17.0. The van der Waals surface area contributed by atoms with E-state index in [0.717, 1.165) is 26.2 Å². The Morgan fingerprint density at radius 2 is 1.80 bits per heavy atom. The molecule has 156 valence electrons. The molecular weight excluding hydrogens is 382 g/mol. The van der Waals surface area contributed by atoms with Crippen LogP contribution in [0.5, 0.6) is 5.75 Å². The van der Waals surface area contributed by atoms with Crippen LogP contribution in [-0.4, -0.2) is 54.2 Å². The van der Waals surface area contributed by atoms with Crippen molar-refractivity contribution in [1.29, 1.82) is 0 Å². The van der Waals surface area contributed by atoms with Gasteiger partial charge in [0.1, 0.15) is 5.75 Å². The summed E-state index contributed by atoms with van der Waals surface area (Å²) in [6.07, 6.45) is 0.0450. The van der Waals surface area contributed by atoms with Gasteiger partial charge < -0.3 is 19.5 Å². The number of nitrogens with one attached hydrogen (secondary N) is 1. The highest BCUT2D eigenvalue weighted by atomic mass is 16.5. The third-order valence-electron chi connectivity index (χ3n) is 5.06. The molecule has 0 atom stereocenters. The normalized spacial score (nSPS) is 14.5. The molecule has 1 saturated heterocycles. The summed E-state index contributed by atoms with van der Waals surface area (Å²) in [6, 6.07) is 17.7. The second-order valence-electron chi connectivity index (χ2n) is 7.13. The van der Waals surface area contributed by atoms with Gasteiger partial charge in [-0.1, -0.05) is 35.5 Å². The van der Waals surface area contributed by atoms with Crippen LogP contribution in [0.25, 0.3) is 0 Å². The van der Waals surface area contributed by atoms with Crippen LogP contribution in [0.4, 0.5) is 11.4 Å². The summed E-state index contributed by atoms with van der Waals surface area (Å²) < 4.78 is 10.6. The third-order valence-corrected chi connectivity index (χ3v) is 5.06. The Morgan fingerprint density at radius 3 is 2.57 bits per heavy atom. The number of carbonyl (C=O) groups excluding carboxylic acids is 1. The first-order valence-electron chi connectivity index (χ1n) is 9.98. The van der Waals surface area contributed by atoms with Crippen molar-refractivity contribution >= 4 is 17.3 Å². The highest BCUT2D eigenvalue weighted by molar-refractivity contribution is 5.93. The van der Waals surface area contributed by atoms with E-state index >= 15 is 0 Å². The number of amides is 1. The predicted octanol–water partition coefficient (Wildman–Crippen LogP) is 2.58. The molecule has 1 aromatic heterocycles. The van der Waals surface area contributed by atoms with Gasteiger partial charge in [0, 0.05) is 31.9 Å². The third kappa shape index (κ3) is 4.96. The van der Waals surface area contributed by atoms with Crippen LogP contribution in [0.3, 0.4) is 0 Å². The van der Waals surface area contributed by atoms with Gasteiger partial charge in [0.2, 0.25) is 11.8 Å². The van der Waals surface area contributed by atoms with E-state index in [4.69, 9.17) is 9.26 Å². The summed E-state index contributed by atoms with van der Waals surface area (Å²) in [5.74, 6) is 1.29. The van der Waals surface area contributed by atoms with E-state index in [2.05, 4.69) is 49.5 Å². The summed E-state index contributed by atoms with van der Waals surface area (Å²) >= 11 is 0. The van der Waals surface area contributed by atoms with Crippen LogP contribution < -0.4 is 15.0 Å². The molecule has 0 aliphatic carbocycles. The van der Waals surface area contributed by atoms with Gasteiger partial charge >= 0.3 is 0 Å². The van der Waals surface area contributed by atoms with Crippen molar-refractivity contribution in [3.05, 3.63) is 66.3 Å². The Labute approximate surface area is 175 Å². The molecule has 0 spiro atoms. The minimum atomic E-state index is -0.219. The van der Waals surface area contributed by atoms with E-state index in [-0.39, 0.29) is 12.3 Å². The Bertz CT molecular complexity index is 968. The number of piperazine rings is 1. The van der Waals surface area contributed by atoms with E-state index in [9.17, 15) is 4.79 Å². The fraction of sp³-hybridized carbons (Fsp3) is 0.318. The highest BCUT2D eigenvalue weighted by Crippen LogP contribution is 2.23. The van der Waals surface area contributed by atoms with E-state index < -0.39 is 0 Å². The van der Waals surface area contributed by atoms with Gasteiger partial charge in [-0.15, -0.1) is 0 Å². The maximum absolute atomic E-state index is 12.3. The first-order chi connectivity index (χ1) is 14.7. The Hall–Kier alpha value is -3.39. The largest absolute Gasteiger partial charge is 0.495 e. The molecule has 0 unspecified atom stereocenters. The molecule has 8 nitrogen and oxygen atoms in total. The standard InChI is InChI=1S/C22H25N5O3/c1-29-19-10-6-5-9-18(19)23-21(28)15-20-24-22(30-25-20)16-26-11-13-27(14-12-26)17-7-3-2-4-8-17/h2-10H,11-16H2,1H3,(H,23,28). The molecule has 0 bridgehead atoms. The first-order valence-corrected chi connectivity index (χ1v) is 9.98. The molecule has 1 N–H and O–H groups in total. The molecular formula is C22H25N5O3. The summed E-state index contributed by atoms with van der Waals surface area (Å²) in [6.45, 7) is 4.32. The van der Waals surface area contributed by atoms with E-state index in [0.29, 0.717) is 29.7 Å². The number of carbonyl (C=O) groups is 1. The van der Waals surface area contributed by atoms with Crippen LogP contribution in [-0.2, 0) is 17.8 Å². The van der Waals surface area contributed by atoms with Crippen LogP contribution >= 0.6 is 0 Å². The van der Waals surface area contributed by atoms with Gasteiger partial charge in [-0.3, -0.25) is 9.69 Å². The lowest BCUT2D eigenvalue weighted by Crippen LogP contribution is -2.46. The molecule has 1 aliphatic heterocycles. The number of rotatable bonds is 7. The number of anilines is 2. The Morgan fingerprint density at radius 1 is 1.07 bits per heavy atom. The Balaban J connectivity index is 1.27. The maximum Gasteiger partial charge on any atom is 0.240 e. The van der Waals surface area contributed by atoms with Gasteiger partial charge in [-0.05, 0) is 24.3 Å². The quantitative estimate of drug-likeness (QED) is 0.644. The number of methoxy groups -OCH3 is 1. The van der Waals surface area contributed by atoms with Crippen molar-refractivity contribution in [2.24, 2.45) is 0 Å². The second-order valence-corrected chi connectivity index (χ2v) is 7.13. The summed E-state index contributed by atoms with van der Waals surface area (Å²) in [5.41, 5.74) is 1.86. The van der Waals surface area contributed by atoms with Crippen LogP contribution in [0.1, 0.15) is 11.7 Å². The number of hydrogen-bond acceptors (Lipinski definition) is 7. The van der Waals surface area contributed by atoms with E-state index in [1.165, 1.54) is 5.69 Å². The topological polar surface area (TPSA) is 83.7 Å². The number of benzene rings is 2. The summed E-state index contributed by atoms with van der Waals surface area (Å²) in [5, 5.41) is 6.77. The average molecular weight is 407 g/mol. The minimum absolute atomic E-state index is 0.0450. The molecule has 8 heteroatoms. The Kier molecular flexibility index (Phi) is 6.24. The molecule has 2 heterocycles. The van der Waals surface area contributed by atoms with Crippen molar-refractivity contribution in [2.45, 2.75) is 13.0 Å². The molecule has 0 radical (unpaired) electrons. The second kappa shape index (κ2) is 9.41. The summed E-state index contributed by atoms with van der Waals surface area (Å²) in [4.78, 5) is 21.4. The molecule has 4 rings (SSSR count). The van der Waals surface area contributed by atoms with Gasteiger partial charge in [0.15, 0.2) is 5.82 Å². The van der Waals surface area contributed by atoms with E-state index in [1.807, 2.05) is 18.2 Å². The smallest absolute Gasteiger partial charge is 0.240 e. The average Bonchev–Trinajstić information content (AvgIpc) is 3.21. The molecule has 3 aromatic rings. The lowest BCUT2D eigenvalue weighted by molar-refractivity contribution is -0.115. The minimum Gasteiger partial charge on any atom is -0.495 e. The fourth-order valence-corrected chi connectivity index (χ4v) is 3.51. The fourth-order valence-electron chi connectivity index (χ4n) is 3.51. The molecule has 1 fully saturated rings. The molecule has 1 amide bonds. The number of nitrogens with zero attached hydrogens (tertiary/aromatic N) is 4. The van der Waals surface area contributed by atoms with Crippen molar-refractivity contribution < 1.29 is 14.1 Å². The lowest BCUT2D eigenvalue weighted by atomic mass is 10.2. The van der Waals surface area contributed by atoms with Crippen molar-refractivity contribution in [3.8, 4) is 5.75 Å². The number of para-hydroxylation sites is 3. The molecule has 0 saturated carbocycles. The van der Waals surface area contributed by atoms with Crippen LogP contribution in [0.2, 0.25) is 0 Å². The van der Waals surface area contributed by atoms with Gasteiger partial charge in [-0.2, -0.15) is 4.98 Å². The van der Waals surface area contributed by atoms with Gasteiger partial charge in [-0.25, -0.2) is 0 Å². The van der Waals surface area contributed by atoms with E-state index in [1.54, 1.807) is 19.2 Å². The van der Waals surface area contributed by atoms with Crippen molar-refractivity contribution in [2.75, 3.05) is 43.5 Å². The predicted molar refractivity (Wildman–Crippen MR) is 114 cm³/mol. The molecule has 2 aromatic carbocycles. The monoisotopic (exact) mass is 407 g/mol. The number of hydrogen-bond donors (Lipinski definition) is 1. The van der Waals surface area contributed by atoms with Crippen LogP contribution in [0, 0.1) is 0 Å². The van der Waals surface area contributed by atoms with Crippen molar-refractivity contribution in [1.82, 2.24) is 15.0 Å². The highest BCUT2D eigenvalue weighted by Gasteiger charge is 2.20. The van der Waals surface area contributed by atoms with Crippen LogP contribution in [0.15, 0.2) is 59.1 Å². The maximum atomic E-state index is 12.3. The number of aromatic nitrogens is 2. The van der Waals surface area contributed by atoms with Gasteiger partial charge in [0.25, 0.3) is 0 Å². The summed E-state index contributed by atoms with van der Waals surface area (Å²) in [7, 11) is 1.57. The lowest BCUT2D eigenvalue weighted by Gasteiger charge is -2.35. The van der Waals surface area contributed by atoms with Crippen molar-refractivity contribution in [3.63, 3.8) is 0 Å². The zero-order valence-corrected chi connectivity index (χ0v) is 17.0.